The van der Waals surface area contributed by atoms with Crippen LogP contribution < -0.4 is 24.8 Å². The first-order valence-electron chi connectivity index (χ1n) is 8.25. The highest BCUT2D eigenvalue weighted by Gasteiger charge is 2.20. The molecule has 0 saturated heterocycles. The number of para-hydroxylation sites is 3. The van der Waals surface area contributed by atoms with E-state index < -0.39 is 0 Å². The van der Waals surface area contributed by atoms with Crippen molar-refractivity contribution in [2.45, 2.75) is 12.6 Å². The standard InChI is InChI=1S/C19H23N3O3/c1-20-19(21-11-14-7-3-4-8-16(14)23-2)22-12-15-13-24-17-9-5-6-10-18(17)25-15/h3-10,15H,11-13H2,1-2H3,(H2,20,21,22). The molecule has 6 heteroatoms. The van der Waals surface area contributed by atoms with Gasteiger partial charge in [0.05, 0.1) is 13.7 Å². The summed E-state index contributed by atoms with van der Waals surface area (Å²) in [7, 11) is 3.41. The number of nitrogens with zero attached hydrogens (tertiary/aromatic N) is 1. The van der Waals surface area contributed by atoms with Gasteiger partial charge in [-0.25, -0.2) is 0 Å². The molecule has 0 amide bonds. The number of hydrogen-bond donors (Lipinski definition) is 2. The van der Waals surface area contributed by atoms with Gasteiger partial charge in [-0.05, 0) is 18.2 Å². The molecule has 0 aliphatic carbocycles. The number of fused-ring (bicyclic) bond motifs is 1. The molecule has 1 aliphatic rings. The van der Waals surface area contributed by atoms with Gasteiger partial charge in [-0.1, -0.05) is 30.3 Å². The fourth-order valence-electron chi connectivity index (χ4n) is 2.62. The van der Waals surface area contributed by atoms with E-state index in [1.165, 1.54) is 0 Å². The Kier molecular flexibility index (Phi) is 5.61. The van der Waals surface area contributed by atoms with Gasteiger partial charge in [-0.2, -0.15) is 0 Å². The van der Waals surface area contributed by atoms with Crippen molar-refractivity contribution in [2.75, 3.05) is 27.3 Å². The van der Waals surface area contributed by atoms with Gasteiger partial charge in [0.15, 0.2) is 17.5 Å². The van der Waals surface area contributed by atoms with Crippen LogP contribution in [0.15, 0.2) is 53.5 Å². The second-order valence-electron chi connectivity index (χ2n) is 5.62. The Labute approximate surface area is 147 Å². The average molecular weight is 341 g/mol. The molecule has 1 heterocycles. The van der Waals surface area contributed by atoms with Crippen LogP contribution in [0, 0.1) is 0 Å². The van der Waals surface area contributed by atoms with Crippen molar-refractivity contribution in [1.82, 2.24) is 10.6 Å². The number of benzene rings is 2. The smallest absolute Gasteiger partial charge is 0.191 e. The van der Waals surface area contributed by atoms with Gasteiger partial charge in [-0.15, -0.1) is 0 Å². The predicted molar refractivity (Wildman–Crippen MR) is 97.5 cm³/mol. The molecule has 2 aromatic rings. The summed E-state index contributed by atoms with van der Waals surface area (Å²) in [5, 5.41) is 6.55. The molecule has 25 heavy (non-hydrogen) atoms. The van der Waals surface area contributed by atoms with Crippen LogP contribution in [-0.2, 0) is 6.54 Å². The van der Waals surface area contributed by atoms with Crippen LogP contribution in [0.5, 0.6) is 17.2 Å². The van der Waals surface area contributed by atoms with Crippen LogP contribution in [0.4, 0.5) is 0 Å². The van der Waals surface area contributed by atoms with Crippen molar-refractivity contribution in [3.63, 3.8) is 0 Å². The molecule has 0 saturated carbocycles. The number of aliphatic imine (C=N–C) groups is 1. The zero-order valence-electron chi connectivity index (χ0n) is 14.5. The van der Waals surface area contributed by atoms with Crippen molar-refractivity contribution >= 4 is 5.96 Å². The van der Waals surface area contributed by atoms with Gasteiger partial charge >= 0.3 is 0 Å². The van der Waals surface area contributed by atoms with Gasteiger partial charge in [0.25, 0.3) is 0 Å². The maximum absolute atomic E-state index is 5.94. The summed E-state index contributed by atoms with van der Waals surface area (Å²) in [6.07, 6.45) is -0.0697. The van der Waals surface area contributed by atoms with Crippen molar-refractivity contribution in [1.29, 1.82) is 0 Å². The summed E-state index contributed by atoms with van der Waals surface area (Å²) < 4.78 is 17.0. The lowest BCUT2D eigenvalue weighted by molar-refractivity contribution is 0.0936. The predicted octanol–water partition coefficient (Wildman–Crippen LogP) is 2.20. The van der Waals surface area contributed by atoms with E-state index in [1.54, 1.807) is 14.2 Å². The molecule has 0 bridgehead atoms. The maximum atomic E-state index is 5.94. The summed E-state index contributed by atoms with van der Waals surface area (Å²) in [5.41, 5.74) is 1.07. The normalized spacial score (nSPS) is 16.2. The molecular weight excluding hydrogens is 318 g/mol. The summed E-state index contributed by atoms with van der Waals surface area (Å²) in [5.74, 6) is 3.12. The van der Waals surface area contributed by atoms with Crippen molar-refractivity contribution in [3.8, 4) is 17.2 Å². The van der Waals surface area contributed by atoms with Crippen LogP contribution in [0.2, 0.25) is 0 Å². The molecular formula is C19H23N3O3. The zero-order chi connectivity index (χ0) is 17.5. The molecule has 2 aromatic carbocycles. The number of methoxy groups -OCH3 is 1. The first-order chi connectivity index (χ1) is 12.3. The Morgan fingerprint density at radius 2 is 1.88 bits per heavy atom. The third kappa shape index (κ3) is 4.35. The van der Waals surface area contributed by atoms with E-state index >= 15 is 0 Å². The lowest BCUT2D eigenvalue weighted by atomic mass is 10.2. The Morgan fingerprint density at radius 3 is 2.68 bits per heavy atom. The molecule has 0 fully saturated rings. The van der Waals surface area contributed by atoms with Crippen LogP contribution >= 0.6 is 0 Å². The average Bonchev–Trinajstić information content (AvgIpc) is 2.68. The second-order valence-corrected chi connectivity index (χ2v) is 5.62. The van der Waals surface area contributed by atoms with E-state index in [-0.39, 0.29) is 6.10 Å². The molecule has 0 aromatic heterocycles. The van der Waals surface area contributed by atoms with Gasteiger partial charge in [0.2, 0.25) is 0 Å². The first-order valence-corrected chi connectivity index (χ1v) is 8.25. The second kappa shape index (κ2) is 8.28. The van der Waals surface area contributed by atoms with Crippen molar-refractivity contribution in [3.05, 3.63) is 54.1 Å². The van der Waals surface area contributed by atoms with E-state index in [9.17, 15) is 0 Å². The molecule has 2 N–H and O–H groups in total. The minimum absolute atomic E-state index is 0.0697. The quantitative estimate of drug-likeness (QED) is 0.645. The molecule has 1 aliphatic heterocycles. The fourth-order valence-corrected chi connectivity index (χ4v) is 2.62. The zero-order valence-corrected chi connectivity index (χ0v) is 14.5. The SMILES string of the molecule is CN=C(NCc1ccccc1OC)NCC1COc2ccccc2O1. The minimum Gasteiger partial charge on any atom is -0.496 e. The number of nitrogens with one attached hydrogen (secondary N) is 2. The lowest BCUT2D eigenvalue weighted by Gasteiger charge is -2.27. The van der Waals surface area contributed by atoms with E-state index in [0.717, 1.165) is 22.8 Å². The van der Waals surface area contributed by atoms with Crippen molar-refractivity contribution < 1.29 is 14.2 Å². The van der Waals surface area contributed by atoms with Gasteiger partial charge in [0.1, 0.15) is 18.5 Å². The Morgan fingerprint density at radius 1 is 1.12 bits per heavy atom. The van der Waals surface area contributed by atoms with Gasteiger partial charge in [-0.3, -0.25) is 4.99 Å². The summed E-state index contributed by atoms with van der Waals surface area (Å²) in [4.78, 5) is 4.24. The van der Waals surface area contributed by atoms with Crippen LogP contribution in [0.1, 0.15) is 5.56 Å². The summed E-state index contributed by atoms with van der Waals surface area (Å²) in [6.45, 7) is 1.72. The number of hydrogen-bond acceptors (Lipinski definition) is 4. The molecule has 1 atom stereocenters. The number of rotatable bonds is 5. The molecule has 6 nitrogen and oxygen atoms in total. The third-order valence-electron chi connectivity index (χ3n) is 3.93. The topological polar surface area (TPSA) is 64.1 Å². The van der Waals surface area contributed by atoms with E-state index in [1.807, 2.05) is 48.5 Å². The molecule has 3 rings (SSSR count). The van der Waals surface area contributed by atoms with Crippen molar-refractivity contribution in [2.24, 2.45) is 4.99 Å². The van der Waals surface area contributed by atoms with Crippen LogP contribution in [0.25, 0.3) is 0 Å². The molecule has 1 unspecified atom stereocenters. The highest BCUT2D eigenvalue weighted by atomic mass is 16.6. The molecule has 0 radical (unpaired) electrons. The third-order valence-corrected chi connectivity index (χ3v) is 3.93. The highest BCUT2D eigenvalue weighted by Crippen LogP contribution is 2.30. The minimum atomic E-state index is -0.0697. The van der Waals surface area contributed by atoms with E-state index in [4.69, 9.17) is 14.2 Å². The fraction of sp³-hybridized carbons (Fsp3) is 0.316. The Balaban J connectivity index is 1.50. The summed E-state index contributed by atoms with van der Waals surface area (Å²) in [6, 6.07) is 15.6. The lowest BCUT2D eigenvalue weighted by Crippen LogP contribution is -2.45. The van der Waals surface area contributed by atoms with Gasteiger partial charge in [0, 0.05) is 19.2 Å². The number of guanidine groups is 1. The first kappa shape index (κ1) is 17.0. The van der Waals surface area contributed by atoms with E-state index in [0.29, 0.717) is 25.7 Å². The highest BCUT2D eigenvalue weighted by molar-refractivity contribution is 5.79. The molecule has 132 valence electrons. The monoisotopic (exact) mass is 341 g/mol. The van der Waals surface area contributed by atoms with Crippen LogP contribution in [-0.4, -0.2) is 39.4 Å². The number of ether oxygens (including phenoxy) is 3. The largest absolute Gasteiger partial charge is 0.496 e. The Hall–Kier alpha value is -2.89. The van der Waals surface area contributed by atoms with Gasteiger partial charge < -0.3 is 24.8 Å². The summed E-state index contributed by atoms with van der Waals surface area (Å²) >= 11 is 0. The van der Waals surface area contributed by atoms with Crippen LogP contribution in [0.3, 0.4) is 0 Å². The Bertz CT molecular complexity index is 733. The molecule has 0 spiro atoms. The van der Waals surface area contributed by atoms with E-state index in [2.05, 4.69) is 15.6 Å². The maximum Gasteiger partial charge on any atom is 0.191 e.